The zero-order valence-corrected chi connectivity index (χ0v) is 17.6. The van der Waals surface area contributed by atoms with Crippen molar-refractivity contribution < 1.29 is 18.4 Å². The number of benzene rings is 2. The number of carbonyl (C=O) groups excluding carboxylic acids is 1. The van der Waals surface area contributed by atoms with Crippen molar-refractivity contribution in [3.05, 3.63) is 72.8 Å². The molecule has 2 aromatic rings. The predicted octanol–water partition coefficient (Wildman–Crippen LogP) is 6.01. The topological polar surface area (TPSA) is 44.8 Å². The molecule has 0 aliphatic heterocycles. The summed E-state index contributed by atoms with van der Waals surface area (Å²) in [5.41, 5.74) is 0. The van der Waals surface area contributed by atoms with Crippen molar-refractivity contribution in [2.75, 3.05) is 0 Å². The Kier molecular flexibility index (Phi) is 4.57. The van der Waals surface area contributed by atoms with E-state index in [9.17, 15) is 4.79 Å². The number of hydrogen-bond donors (Lipinski definition) is 0. The fourth-order valence-corrected chi connectivity index (χ4v) is 7.60. The van der Waals surface area contributed by atoms with Crippen molar-refractivity contribution in [2.45, 2.75) is 19.3 Å². The van der Waals surface area contributed by atoms with Gasteiger partial charge in [0.05, 0.1) is 5.92 Å². The Labute approximate surface area is 178 Å². The minimum Gasteiger partial charge on any atom is -0.408 e. The van der Waals surface area contributed by atoms with Gasteiger partial charge in [-0.3, -0.25) is 4.79 Å². The lowest BCUT2D eigenvalue weighted by Crippen LogP contribution is -2.35. The second kappa shape index (κ2) is 7.42. The molecule has 30 heavy (non-hydrogen) atoms. The molecule has 0 saturated heterocycles. The minimum atomic E-state index is -1.86. The third-order valence-electron chi connectivity index (χ3n) is 7.58. The zero-order valence-electron chi connectivity index (χ0n) is 16.7. The number of rotatable bonds is 6. The van der Waals surface area contributed by atoms with Gasteiger partial charge in [-0.1, -0.05) is 48.6 Å². The molecule has 0 aromatic heterocycles. The molecule has 6 rings (SSSR count). The van der Waals surface area contributed by atoms with Gasteiger partial charge in [0, 0.05) is 0 Å². The second-order valence-electron chi connectivity index (χ2n) is 9.05. The van der Waals surface area contributed by atoms with Crippen LogP contribution in [0.1, 0.15) is 19.3 Å². The van der Waals surface area contributed by atoms with Crippen molar-refractivity contribution in [1.82, 2.24) is 0 Å². The SMILES string of the molecule is O=C(OP(Oc1ccccc1)Oc1ccccc1)C1CC2CC1C1C3C=CC(C3)C21. The van der Waals surface area contributed by atoms with E-state index >= 15 is 0 Å². The van der Waals surface area contributed by atoms with Crippen LogP contribution in [0.15, 0.2) is 72.8 Å². The first-order chi connectivity index (χ1) is 14.8. The normalized spacial score (nSPS) is 34.9. The van der Waals surface area contributed by atoms with Crippen LogP contribution in [0.4, 0.5) is 0 Å². The van der Waals surface area contributed by atoms with Crippen LogP contribution in [-0.2, 0) is 9.32 Å². The van der Waals surface area contributed by atoms with E-state index in [1.807, 2.05) is 60.7 Å². The van der Waals surface area contributed by atoms with E-state index in [-0.39, 0.29) is 11.9 Å². The lowest BCUT2D eigenvalue weighted by atomic mass is 9.69. The molecule has 0 heterocycles. The molecule has 0 amide bonds. The van der Waals surface area contributed by atoms with Crippen LogP contribution >= 0.6 is 8.60 Å². The molecule has 7 unspecified atom stereocenters. The van der Waals surface area contributed by atoms with Crippen molar-refractivity contribution in [1.29, 1.82) is 0 Å². The van der Waals surface area contributed by atoms with Crippen molar-refractivity contribution in [3.63, 3.8) is 0 Å². The van der Waals surface area contributed by atoms with Crippen LogP contribution in [0.5, 0.6) is 11.5 Å². The zero-order chi connectivity index (χ0) is 20.1. The highest BCUT2D eigenvalue weighted by Gasteiger charge is 2.62. The third kappa shape index (κ3) is 3.13. The molecule has 154 valence electrons. The summed E-state index contributed by atoms with van der Waals surface area (Å²) in [7, 11) is -1.86. The lowest BCUT2D eigenvalue weighted by Gasteiger charge is -2.35. The van der Waals surface area contributed by atoms with E-state index < -0.39 is 8.60 Å². The molecule has 4 bridgehead atoms. The molecule has 4 aliphatic carbocycles. The molecule has 0 radical (unpaired) electrons. The van der Waals surface area contributed by atoms with Gasteiger partial charge in [-0.25, -0.2) is 0 Å². The quantitative estimate of drug-likeness (QED) is 0.326. The number of allylic oxidation sites excluding steroid dienone is 2. The predicted molar refractivity (Wildman–Crippen MR) is 115 cm³/mol. The van der Waals surface area contributed by atoms with Gasteiger partial charge in [0.2, 0.25) is 0 Å². The Hall–Kier alpha value is -2.32. The molecule has 3 saturated carbocycles. The van der Waals surface area contributed by atoms with E-state index in [0.717, 1.165) is 18.3 Å². The van der Waals surface area contributed by atoms with Crippen LogP contribution in [0.2, 0.25) is 0 Å². The molecule has 4 nitrogen and oxygen atoms in total. The highest BCUT2D eigenvalue weighted by molar-refractivity contribution is 7.43. The van der Waals surface area contributed by atoms with E-state index in [1.54, 1.807) is 0 Å². The fourth-order valence-electron chi connectivity index (χ4n) is 6.62. The summed E-state index contributed by atoms with van der Waals surface area (Å²) in [6.07, 6.45) is 8.27. The number of para-hydroxylation sites is 2. The molecule has 4 aliphatic rings. The summed E-state index contributed by atoms with van der Waals surface area (Å²) in [4.78, 5) is 13.2. The Morgan fingerprint density at radius 3 is 2.00 bits per heavy atom. The molecule has 7 atom stereocenters. The maximum absolute atomic E-state index is 13.2. The Balaban J connectivity index is 1.18. The van der Waals surface area contributed by atoms with Crippen molar-refractivity contribution in [2.24, 2.45) is 41.4 Å². The minimum absolute atomic E-state index is 0.0206. The second-order valence-corrected chi connectivity index (χ2v) is 10.0. The summed E-state index contributed by atoms with van der Waals surface area (Å²) in [5.74, 6) is 5.15. The Morgan fingerprint density at radius 2 is 1.37 bits per heavy atom. The van der Waals surface area contributed by atoms with Gasteiger partial charge in [-0.15, -0.1) is 0 Å². The summed E-state index contributed by atoms with van der Waals surface area (Å²) < 4.78 is 17.8. The first-order valence-electron chi connectivity index (χ1n) is 10.9. The number of carbonyl (C=O) groups is 1. The van der Waals surface area contributed by atoms with Crippen molar-refractivity contribution in [3.8, 4) is 11.5 Å². The van der Waals surface area contributed by atoms with E-state index in [1.165, 1.54) is 12.8 Å². The lowest BCUT2D eigenvalue weighted by molar-refractivity contribution is -0.142. The van der Waals surface area contributed by atoms with E-state index in [0.29, 0.717) is 35.2 Å². The molecule has 0 spiro atoms. The average Bonchev–Trinajstić information content (AvgIpc) is 3.55. The maximum atomic E-state index is 13.2. The van der Waals surface area contributed by atoms with Gasteiger partial charge >= 0.3 is 14.6 Å². The molecular formula is C25H25O4P. The number of fused-ring (bicyclic) bond motifs is 9. The van der Waals surface area contributed by atoms with Gasteiger partial charge in [-0.2, -0.15) is 0 Å². The Morgan fingerprint density at radius 1 is 0.767 bits per heavy atom. The standard InChI is InChI=1S/C25H25O4P/c26-25(22-15-18-14-21(22)24-17-12-11-16(13-17)23(18)24)29-30(27-19-7-3-1-4-8-19)28-20-9-5-2-6-10-20/h1-12,16-18,21-24H,13-15H2. The largest absolute Gasteiger partial charge is 0.532 e. The van der Waals surface area contributed by atoms with Crippen LogP contribution in [0, 0.1) is 41.4 Å². The van der Waals surface area contributed by atoms with Crippen LogP contribution < -0.4 is 9.05 Å². The maximum Gasteiger partial charge on any atom is 0.532 e. The Bertz CT molecular complexity index is 905. The highest BCUT2D eigenvalue weighted by atomic mass is 31.2. The van der Waals surface area contributed by atoms with Crippen molar-refractivity contribution >= 4 is 14.6 Å². The third-order valence-corrected chi connectivity index (χ3v) is 8.63. The summed E-state index contributed by atoms with van der Waals surface area (Å²) in [6.45, 7) is 0. The van der Waals surface area contributed by atoms with Gasteiger partial charge in [-0.05, 0) is 79.0 Å². The first-order valence-corrected chi connectivity index (χ1v) is 12.0. The van der Waals surface area contributed by atoms with Crippen LogP contribution in [0.3, 0.4) is 0 Å². The molecule has 0 N–H and O–H groups in total. The molecular weight excluding hydrogens is 395 g/mol. The van der Waals surface area contributed by atoms with Gasteiger partial charge in [0.1, 0.15) is 11.5 Å². The highest BCUT2D eigenvalue weighted by Crippen LogP contribution is 2.67. The summed E-state index contributed by atoms with van der Waals surface area (Å²) >= 11 is 0. The van der Waals surface area contributed by atoms with E-state index in [4.69, 9.17) is 13.6 Å². The van der Waals surface area contributed by atoms with Gasteiger partial charge in [0.25, 0.3) is 0 Å². The fraction of sp³-hybridized carbons (Fsp3) is 0.400. The van der Waals surface area contributed by atoms with Gasteiger partial charge < -0.3 is 13.6 Å². The van der Waals surface area contributed by atoms with Crippen LogP contribution in [-0.4, -0.2) is 5.97 Å². The average molecular weight is 420 g/mol. The smallest absolute Gasteiger partial charge is 0.408 e. The van der Waals surface area contributed by atoms with E-state index in [2.05, 4.69) is 12.2 Å². The molecule has 2 aromatic carbocycles. The summed E-state index contributed by atoms with van der Waals surface area (Å²) in [6, 6.07) is 18.8. The van der Waals surface area contributed by atoms with Gasteiger partial charge in [0.15, 0.2) is 0 Å². The summed E-state index contributed by atoms with van der Waals surface area (Å²) in [5, 5.41) is 0. The van der Waals surface area contributed by atoms with Crippen LogP contribution in [0.25, 0.3) is 0 Å². The monoisotopic (exact) mass is 420 g/mol. The molecule has 3 fully saturated rings. The first kappa shape index (κ1) is 18.4. The number of hydrogen-bond acceptors (Lipinski definition) is 4. The molecule has 5 heteroatoms.